The third kappa shape index (κ3) is 4.34. The average molecular weight is 171 g/mol. The zero-order chi connectivity index (χ0) is 9.94. The molecule has 0 aliphatic heterocycles. The molecule has 0 bridgehead atoms. The summed E-state index contributed by atoms with van der Waals surface area (Å²) < 4.78 is 0. The Morgan fingerprint density at radius 3 is 2.17 bits per heavy atom. The van der Waals surface area contributed by atoms with Crippen molar-refractivity contribution in [3.8, 4) is 0 Å². The fraction of sp³-hybridized carbons (Fsp3) is 0.778. The lowest BCUT2D eigenvalue weighted by atomic mass is 10.0. The summed E-state index contributed by atoms with van der Waals surface area (Å²) in [6.45, 7) is 11.3. The van der Waals surface area contributed by atoms with E-state index in [1.807, 2.05) is 27.7 Å². The van der Waals surface area contributed by atoms with Crippen molar-refractivity contribution in [3.05, 3.63) is 6.92 Å². The summed E-state index contributed by atoms with van der Waals surface area (Å²) in [5.74, 6) is 0.0253. The summed E-state index contributed by atoms with van der Waals surface area (Å²) in [5.41, 5.74) is 5.19. The maximum atomic E-state index is 11.3. The summed E-state index contributed by atoms with van der Waals surface area (Å²) >= 11 is 0. The fourth-order valence-electron chi connectivity index (χ4n) is 0.720. The number of nitrogens with one attached hydrogen (secondary N) is 1. The molecule has 1 radical (unpaired) electrons. The van der Waals surface area contributed by atoms with Gasteiger partial charge in [-0.1, -0.05) is 13.8 Å². The molecule has 0 heterocycles. The second-order valence-electron chi connectivity index (χ2n) is 4.14. The number of nitrogens with two attached hydrogens (primary N) is 1. The molecule has 0 rings (SSSR count). The van der Waals surface area contributed by atoms with E-state index in [-0.39, 0.29) is 11.8 Å². The molecule has 3 nitrogen and oxygen atoms in total. The standard InChI is InChI=1S/C9H19N2O/c1-6(2)7(10)8(12)11-9(3,4)5/h6-7H,3,10H2,1-2,4-5H3,(H,11,12). The molecule has 0 fully saturated rings. The van der Waals surface area contributed by atoms with Crippen molar-refractivity contribution >= 4 is 5.91 Å². The molecule has 0 aromatic rings. The fourth-order valence-corrected chi connectivity index (χ4v) is 0.720. The minimum Gasteiger partial charge on any atom is -0.350 e. The van der Waals surface area contributed by atoms with Gasteiger partial charge >= 0.3 is 0 Å². The van der Waals surface area contributed by atoms with Gasteiger partial charge in [-0.05, 0) is 26.7 Å². The van der Waals surface area contributed by atoms with Crippen molar-refractivity contribution in [2.45, 2.75) is 39.3 Å². The van der Waals surface area contributed by atoms with Crippen LogP contribution in [-0.2, 0) is 4.79 Å². The molecule has 0 saturated heterocycles. The summed E-state index contributed by atoms with van der Waals surface area (Å²) in [6, 6.07) is -0.439. The molecular weight excluding hydrogens is 152 g/mol. The highest BCUT2D eigenvalue weighted by atomic mass is 16.2. The first-order chi connectivity index (χ1) is 5.24. The minimum atomic E-state index is -0.441. The molecule has 71 valence electrons. The number of amides is 1. The van der Waals surface area contributed by atoms with E-state index in [1.54, 1.807) is 0 Å². The molecular formula is C9H19N2O. The van der Waals surface area contributed by atoms with E-state index in [1.165, 1.54) is 0 Å². The highest BCUT2D eigenvalue weighted by Gasteiger charge is 2.21. The second-order valence-corrected chi connectivity index (χ2v) is 4.14. The lowest BCUT2D eigenvalue weighted by molar-refractivity contribution is -0.124. The molecule has 1 atom stereocenters. The smallest absolute Gasteiger partial charge is 0.237 e. The van der Waals surface area contributed by atoms with Crippen LogP contribution in [0, 0.1) is 12.8 Å². The van der Waals surface area contributed by atoms with E-state index in [0.29, 0.717) is 0 Å². The van der Waals surface area contributed by atoms with Crippen LogP contribution in [0.25, 0.3) is 0 Å². The molecule has 1 unspecified atom stereocenters. The van der Waals surface area contributed by atoms with Gasteiger partial charge in [0.15, 0.2) is 0 Å². The van der Waals surface area contributed by atoms with Crippen LogP contribution in [0.5, 0.6) is 0 Å². The first kappa shape index (κ1) is 11.4. The Kier molecular flexibility index (Phi) is 3.71. The molecule has 0 spiro atoms. The van der Waals surface area contributed by atoms with Crippen molar-refractivity contribution < 1.29 is 4.79 Å². The molecule has 3 heteroatoms. The van der Waals surface area contributed by atoms with E-state index < -0.39 is 11.6 Å². The Morgan fingerprint density at radius 1 is 1.50 bits per heavy atom. The van der Waals surface area contributed by atoms with Crippen LogP contribution in [0.1, 0.15) is 27.7 Å². The lowest BCUT2D eigenvalue weighted by Gasteiger charge is -2.24. The molecule has 0 aliphatic rings. The zero-order valence-electron chi connectivity index (χ0n) is 8.35. The Labute approximate surface area is 74.7 Å². The first-order valence-electron chi connectivity index (χ1n) is 4.17. The number of carbonyl (C=O) groups is 1. The predicted octanol–water partition coefficient (Wildman–Crippen LogP) is 0.699. The van der Waals surface area contributed by atoms with Crippen LogP contribution in [0.3, 0.4) is 0 Å². The van der Waals surface area contributed by atoms with Gasteiger partial charge < -0.3 is 11.1 Å². The summed E-state index contributed by atoms with van der Waals surface area (Å²) in [5, 5.41) is 2.73. The molecule has 0 aromatic carbocycles. The molecule has 1 amide bonds. The van der Waals surface area contributed by atoms with Crippen LogP contribution in [0.4, 0.5) is 0 Å². The summed E-state index contributed by atoms with van der Waals surface area (Å²) in [7, 11) is 0. The van der Waals surface area contributed by atoms with Gasteiger partial charge in [-0.25, -0.2) is 0 Å². The third-order valence-electron chi connectivity index (χ3n) is 1.48. The Balaban J connectivity index is 4.05. The van der Waals surface area contributed by atoms with Crippen molar-refractivity contribution in [1.82, 2.24) is 5.32 Å². The van der Waals surface area contributed by atoms with Gasteiger partial charge in [0.2, 0.25) is 5.91 Å². The maximum absolute atomic E-state index is 11.3. The SMILES string of the molecule is [CH2]C(C)(C)NC(=O)C(N)C(C)C. The van der Waals surface area contributed by atoms with Gasteiger partial charge in [0, 0.05) is 5.54 Å². The van der Waals surface area contributed by atoms with Crippen LogP contribution >= 0.6 is 0 Å². The lowest BCUT2D eigenvalue weighted by Crippen LogP contribution is -2.50. The van der Waals surface area contributed by atoms with Gasteiger partial charge in [0.05, 0.1) is 6.04 Å². The number of rotatable bonds is 3. The van der Waals surface area contributed by atoms with E-state index in [2.05, 4.69) is 12.2 Å². The van der Waals surface area contributed by atoms with E-state index in [0.717, 1.165) is 0 Å². The van der Waals surface area contributed by atoms with Crippen LogP contribution in [-0.4, -0.2) is 17.5 Å². The number of hydrogen-bond donors (Lipinski definition) is 2. The van der Waals surface area contributed by atoms with Crippen LogP contribution in [0.2, 0.25) is 0 Å². The maximum Gasteiger partial charge on any atom is 0.237 e. The van der Waals surface area contributed by atoms with Crippen molar-refractivity contribution in [2.75, 3.05) is 0 Å². The highest BCUT2D eigenvalue weighted by Crippen LogP contribution is 2.02. The van der Waals surface area contributed by atoms with Gasteiger partial charge in [-0.3, -0.25) is 4.79 Å². The summed E-state index contributed by atoms with van der Waals surface area (Å²) in [6.07, 6.45) is 0. The number of carbonyl (C=O) groups excluding carboxylic acids is 1. The topological polar surface area (TPSA) is 55.1 Å². The monoisotopic (exact) mass is 171 g/mol. The largest absolute Gasteiger partial charge is 0.350 e. The third-order valence-corrected chi connectivity index (χ3v) is 1.48. The molecule has 3 N–H and O–H groups in total. The molecule has 12 heavy (non-hydrogen) atoms. The second kappa shape index (κ2) is 3.90. The van der Waals surface area contributed by atoms with E-state index in [4.69, 9.17) is 5.73 Å². The van der Waals surface area contributed by atoms with Crippen LogP contribution < -0.4 is 11.1 Å². The average Bonchev–Trinajstić information content (AvgIpc) is 1.82. The van der Waals surface area contributed by atoms with E-state index >= 15 is 0 Å². The van der Waals surface area contributed by atoms with Crippen molar-refractivity contribution in [2.24, 2.45) is 11.7 Å². The molecule has 0 aromatic heterocycles. The van der Waals surface area contributed by atoms with Gasteiger partial charge in [0.25, 0.3) is 0 Å². The number of hydrogen-bond acceptors (Lipinski definition) is 2. The normalized spacial score (nSPS) is 14.6. The minimum absolute atomic E-state index is 0.134. The van der Waals surface area contributed by atoms with E-state index in [9.17, 15) is 4.79 Å². The molecule has 0 saturated carbocycles. The summed E-state index contributed by atoms with van der Waals surface area (Å²) in [4.78, 5) is 11.3. The van der Waals surface area contributed by atoms with Gasteiger partial charge in [0.1, 0.15) is 0 Å². The highest BCUT2D eigenvalue weighted by molar-refractivity contribution is 5.82. The predicted molar refractivity (Wildman–Crippen MR) is 50.4 cm³/mol. The quantitative estimate of drug-likeness (QED) is 0.656. The Hall–Kier alpha value is -0.570. The van der Waals surface area contributed by atoms with Gasteiger partial charge in [-0.15, -0.1) is 0 Å². The zero-order valence-corrected chi connectivity index (χ0v) is 8.35. The van der Waals surface area contributed by atoms with Crippen molar-refractivity contribution in [1.29, 1.82) is 0 Å². The Morgan fingerprint density at radius 2 is 1.92 bits per heavy atom. The Bertz CT molecular complexity index is 158. The van der Waals surface area contributed by atoms with Gasteiger partial charge in [-0.2, -0.15) is 0 Å². The van der Waals surface area contributed by atoms with Crippen LogP contribution in [0.15, 0.2) is 0 Å². The first-order valence-corrected chi connectivity index (χ1v) is 4.17. The molecule has 0 aliphatic carbocycles. The van der Waals surface area contributed by atoms with Crippen molar-refractivity contribution in [3.63, 3.8) is 0 Å².